The lowest BCUT2D eigenvalue weighted by molar-refractivity contribution is 0.344. The zero-order valence-electron chi connectivity index (χ0n) is 9.86. The van der Waals surface area contributed by atoms with Crippen LogP contribution < -0.4 is 4.74 Å². The van der Waals surface area contributed by atoms with Gasteiger partial charge in [-0.2, -0.15) is 12.6 Å². The van der Waals surface area contributed by atoms with Crippen molar-refractivity contribution in [2.75, 3.05) is 7.11 Å². The molecule has 1 aromatic rings. The van der Waals surface area contributed by atoms with Crippen LogP contribution in [0.3, 0.4) is 0 Å². The van der Waals surface area contributed by atoms with Crippen molar-refractivity contribution in [2.24, 2.45) is 5.92 Å². The number of hydrogen-bond donors (Lipinski definition) is 1. The number of methoxy groups -OCH3 is 1. The molecule has 1 unspecified atom stereocenters. The van der Waals surface area contributed by atoms with Crippen molar-refractivity contribution < 1.29 is 4.74 Å². The number of hydrogen-bond acceptors (Lipinski definition) is 2. The van der Waals surface area contributed by atoms with Crippen LogP contribution in [0.1, 0.15) is 42.9 Å². The van der Waals surface area contributed by atoms with E-state index >= 15 is 0 Å². The quantitative estimate of drug-likeness (QED) is 0.772. The first-order chi connectivity index (χ1) is 7.83. The third-order valence-electron chi connectivity index (χ3n) is 3.55. The summed E-state index contributed by atoms with van der Waals surface area (Å²) in [4.78, 5) is 0. The fraction of sp³-hybridized carbons (Fsp3) is 0.571. The lowest BCUT2D eigenvalue weighted by Gasteiger charge is -2.28. The standard InChI is InChI=1S/C14H20OS/c1-15-13-10-6-5-9-12(13)14(16)11-7-3-2-4-8-11/h5-6,9-11,14,16H,2-4,7-8H2,1H3. The second kappa shape index (κ2) is 5.62. The van der Waals surface area contributed by atoms with Crippen molar-refractivity contribution in [2.45, 2.75) is 37.4 Å². The Morgan fingerprint density at radius 1 is 1.19 bits per heavy atom. The molecule has 1 nitrogen and oxygen atoms in total. The van der Waals surface area contributed by atoms with Gasteiger partial charge in [0.2, 0.25) is 0 Å². The van der Waals surface area contributed by atoms with Gasteiger partial charge in [0.15, 0.2) is 0 Å². The molecule has 0 N–H and O–H groups in total. The maximum absolute atomic E-state index is 5.41. The molecule has 2 heteroatoms. The van der Waals surface area contributed by atoms with Gasteiger partial charge in [-0.05, 0) is 24.8 Å². The Labute approximate surface area is 104 Å². The molecule has 0 amide bonds. The molecule has 0 radical (unpaired) electrons. The van der Waals surface area contributed by atoms with E-state index in [1.807, 2.05) is 12.1 Å². The van der Waals surface area contributed by atoms with Crippen LogP contribution in [0.4, 0.5) is 0 Å². The van der Waals surface area contributed by atoms with Crippen LogP contribution in [0.2, 0.25) is 0 Å². The summed E-state index contributed by atoms with van der Waals surface area (Å²) in [6.45, 7) is 0. The molecule has 1 aromatic carbocycles. The summed E-state index contributed by atoms with van der Waals surface area (Å²) >= 11 is 4.81. The summed E-state index contributed by atoms with van der Waals surface area (Å²) in [5.74, 6) is 1.70. The van der Waals surface area contributed by atoms with Gasteiger partial charge >= 0.3 is 0 Å². The van der Waals surface area contributed by atoms with Crippen LogP contribution in [0.25, 0.3) is 0 Å². The Bertz CT molecular complexity index is 331. The van der Waals surface area contributed by atoms with Crippen LogP contribution in [-0.2, 0) is 0 Å². The van der Waals surface area contributed by atoms with Crippen molar-refractivity contribution in [1.82, 2.24) is 0 Å². The van der Waals surface area contributed by atoms with E-state index < -0.39 is 0 Å². The molecule has 0 spiro atoms. The first kappa shape index (κ1) is 11.8. The molecule has 0 aliphatic heterocycles. The Morgan fingerprint density at radius 2 is 1.88 bits per heavy atom. The second-order valence-electron chi connectivity index (χ2n) is 4.58. The molecular formula is C14H20OS. The second-order valence-corrected chi connectivity index (χ2v) is 5.14. The van der Waals surface area contributed by atoms with Gasteiger partial charge in [-0.1, -0.05) is 37.5 Å². The molecule has 0 saturated heterocycles. The molecule has 0 bridgehead atoms. The van der Waals surface area contributed by atoms with Crippen molar-refractivity contribution in [3.05, 3.63) is 29.8 Å². The van der Waals surface area contributed by atoms with Crippen molar-refractivity contribution >= 4 is 12.6 Å². The van der Waals surface area contributed by atoms with E-state index in [2.05, 4.69) is 12.1 Å². The minimum Gasteiger partial charge on any atom is -0.496 e. The molecular weight excluding hydrogens is 216 g/mol. The average molecular weight is 236 g/mol. The fourth-order valence-corrected chi connectivity index (χ4v) is 3.13. The maximum atomic E-state index is 5.41. The first-order valence-electron chi connectivity index (χ1n) is 6.14. The maximum Gasteiger partial charge on any atom is 0.123 e. The summed E-state index contributed by atoms with van der Waals surface area (Å²) in [6, 6.07) is 8.26. The van der Waals surface area contributed by atoms with E-state index in [4.69, 9.17) is 17.4 Å². The van der Waals surface area contributed by atoms with Gasteiger partial charge in [-0.15, -0.1) is 0 Å². The highest BCUT2D eigenvalue weighted by Gasteiger charge is 2.23. The number of rotatable bonds is 3. The van der Waals surface area contributed by atoms with Gasteiger partial charge in [-0.25, -0.2) is 0 Å². The van der Waals surface area contributed by atoms with Crippen LogP contribution in [0, 0.1) is 5.92 Å². The third kappa shape index (κ3) is 2.54. The number of para-hydroxylation sites is 1. The molecule has 1 aliphatic carbocycles. The van der Waals surface area contributed by atoms with Crippen LogP contribution in [-0.4, -0.2) is 7.11 Å². The smallest absolute Gasteiger partial charge is 0.123 e. The van der Waals surface area contributed by atoms with Gasteiger partial charge in [0.25, 0.3) is 0 Å². The van der Waals surface area contributed by atoms with Gasteiger partial charge in [0.1, 0.15) is 5.75 Å². The molecule has 1 aliphatic rings. The van der Waals surface area contributed by atoms with Crippen LogP contribution in [0.5, 0.6) is 5.75 Å². The zero-order chi connectivity index (χ0) is 11.4. The van der Waals surface area contributed by atoms with Crippen molar-refractivity contribution in [3.8, 4) is 5.75 Å². The lowest BCUT2D eigenvalue weighted by atomic mass is 9.84. The van der Waals surface area contributed by atoms with E-state index in [-0.39, 0.29) is 0 Å². The molecule has 0 heterocycles. The highest BCUT2D eigenvalue weighted by atomic mass is 32.1. The highest BCUT2D eigenvalue weighted by molar-refractivity contribution is 7.80. The SMILES string of the molecule is COc1ccccc1C(S)C1CCCCC1. The summed E-state index contributed by atoms with van der Waals surface area (Å²) in [5, 5.41) is 0.330. The summed E-state index contributed by atoms with van der Waals surface area (Å²) in [5.41, 5.74) is 1.25. The highest BCUT2D eigenvalue weighted by Crippen LogP contribution is 2.41. The molecule has 2 rings (SSSR count). The Balaban J connectivity index is 2.15. The normalized spacial score (nSPS) is 19.4. The number of benzene rings is 1. The molecule has 1 atom stereocenters. The van der Waals surface area contributed by atoms with Crippen molar-refractivity contribution in [3.63, 3.8) is 0 Å². The number of thiol groups is 1. The van der Waals surface area contributed by atoms with Gasteiger partial charge < -0.3 is 4.74 Å². The summed E-state index contributed by atoms with van der Waals surface area (Å²) in [7, 11) is 1.74. The van der Waals surface area contributed by atoms with E-state index in [9.17, 15) is 0 Å². The topological polar surface area (TPSA) is 9.23 Å². The predicted molar refractivity (Wildman–Crippen MR) is 71.3 cm³/mol. The monoisotopic (exact) mass is 236 g/mol. The largest absolute Gasteiger partial charge is 0.496 e. The van der Waals surface area contributed by atoms with E-state index in [0.717, 1.165) is 5.75 Å². The number of ether oxygens (including phenoxy) is 1. The summed E-state index contributed by atoms with van der Waals surface area (Å²) in [6.07, 6.45) is 6.73. The first-order valence-corrected chi connectivity index (χ1v) is 6.65. The molecule has 0 aromatic heterocycles. The Kier molecular flexibility index (Phi) is 4.16. The lowest BCUT2D eigenvalue weighted by Crippen LogP contribution is -2.13. The zero-order valence-corrected chi connectivity index (χ0v) is 10.7. The Hall–Kier alpha value is -0.630. The molecule has 1 fully saturated rings. The fourth-order valence-electron chi connectivity index (χ4n) is 2.61. The van der Waals surface area contributed by atoms with E-state index in [0.29, 0.717) is 11.2 Å². The molecule has 1 saturated carbocycles. The van der Waals surface area contributed by atoms with Gasteiger partial charge in [-0.3, -0.25) is 0 Å². The minimum atomic E-state index is 0.330. The van der Waals surface area contributed by atoms with Gasteiger partial charge in [0, 0.05) is 10.8 Å². The van der Waals surface area contributed by atoms with Crippen LogP contribution in [0.15, 0.2) is 24.3 Å². The molecule has 88 valence electrons. The van der Waals surface area contributed by atoms with Gasteiger partial charge in [0.05, 0.1) is 7.11 Å². The molecule has 16 heavy (non-hydrogen) atoms. The minimum absolute atomic E-state index is 0.330. The Morgan fingerprint density at radius 3 is 2.56 bits per heavy atom. The third-order valence-corrected chi connectivity index (χ3v) is 4.25. The van der Waals surface area contributed by atoms with E-state index in [1.165, 1.54) is 37.7 Å². The predicted octanol–water partition coefficient (Wildman–Crippen LogP) is 4.25. The van der Waals surface area contributed by atoms with E-state index in [1.54, 1.807) is 7.11 Å². The average Bonchev–Trinajstić information content (AvgIpc) is 2.39. The van der Waals surface area contributed by atoms with Crippen molar-refractivity contribution in [1.29, 1.82) is 0 Å². The van der Waals surface area contributed by atoms with Crippen LogP contribution >= 0.6 is 12.6 Å². The summed E-state index contributed by atoms with van der Waals surface area (Å²) < 4.78 is 5.41.